The van der Waals surface area contributed by atoms with Crippen molar-refractivity contribution in [3.05, 3.63) is 23.8 Å². The van der Waals surface area contributed by atoms with Crippen LogP contribution in [0.3, 0.4) is 0 Å². The number of anilines is 1. The molecule has 0 radical (unpaired) electrons. The lowest BCUT2D eigenvalue weighted by Gasteiger charge is -2.43. The Morgan fingerprint density at radius 3 is 2.70 bits per heavy atom. The summed E-state index contributed by atoms with van der Waals surface area (Å²) in [5.41, 5.74) is 8.23. The molecular formula is C16H26N2O2. The second kappa shape index (κ2) is 5.62. The summed E-state index contributed by atoms with van der Waals surface area (Å²) in [5, 5.41) is 0. The molecule has 1 fully saturated rings. The molecule has 2 rings (SSSR count). The first-order valence-electron chi connectivity index (χ1n) is 7.19. The molecule has 1 aliphatic rings. The Balaban J connectivity index is 2.41. The molecule has 0 amide bonds. The maximum Gasteiger partial charge on any atom is 0.125 e. The van der Waals surface area contributed by atoms with E-state index in [0.717, 1.165) is 30.1 Å². The Labute approximate surface area is 121 Å². The maximum absolute atomic E-state index is 6.16. The lowest BCUT2D eigenvalue weighted by Crippen LogP contribution is -2.52. The number of benzene rings is 1. The summed E-state index contributed by atoms with van der Waals surface area (Å²) in [6.45, 7) is 10.1. The number of rotatable bonds is 3. The van der Waals surface area contributed by atoms with Crippen molar-refractivity contribution in [1.29, 1.82) is 0 Å². The zero-order chi connectivity index (χ0) is 14.9. The van der Waals surface area contributed by atoms with Gasteiger partial charge in [-0.05, 0) is 39.8 Å². The second-order valence-electron chi connectivity index (χ2n) is 6.25. The molecule has 2 atom stereocenters. The van der Waals surface area contributed by atoms with Gasteiger partial charge in [-0.1, -0.05) is 6.07 Å². The fraction of sp³-hybridized carbons (Fsp3) is 0.625. The van der Waals surface area contributed by atoms with E-state index >= 15 is 0 Å². The van der Waals surface area contributed by atoms with Gasteiger partial charge in [-0.3, -0.25) is 0 Å². The van der Waals surface area contributed by atoms with Crippen molar-refractivity contribution in [3.8, 4) is 5.75 Å². The first kappa shape index (κ1) is 15.1. The van der Waals surface area contributed by atoms with Crippen LogP contribution in [-0.4, -0.2) is 31.9 Å². The zero-order valence-corrected chi connectivity index (χ0v) is 13.1. The third kappa shape index (κ3) is 3.07. The van der Waals surface area contributed by atoms with Crippen molar-refractivity contribution < 1.29 is 9.47 Å². The highest BCUT2D eigenvalue weighted by molar-refractivity contribution is 5.61. The number of morpholine rings is 1. The monoisotopic (exact) mass is 278 g/mol. The number of hydrogen-bond donors (Lipinski definition) is 1. The molecular weight excluding hydrogens is 252 g/mol. The van der Waals surface area contributed by atoms with E-state index in [4.69, 9.17) is 15.2 Å². The molecule has 1 aromatic rings. The van der Waals surface area contributed by atoms with Crippen molar-refractivity contribution in [3.63, 3.8) is 0 Å². The molecule has 0 spiro atoms. The maximum atomic E-state index is 6.16. The molecule has 112 valence electrons. The summed E-state index contributed by atoms with van der Waals surface area (Å²) in [7, 11) is 1.69. The van der Waals surface area contributed by atoms with Gasteiger partial charge in [0.25, 0.3) is 0 Å². The van der Waals surface area contributed by atoms with Gasteiger partial charge in [-0.2, -0.15) is 0 Å². The highest BCUT2D eigenvalue weighted by Gasteiger charge is 2.33. The summed E-state index contributed by atoms with van der Waals surface area (Å²) < 4.78 is 11.5. The van der Waals surface area contributed by atoms with E-state index in [1.807, 2.05) is 19.1 Å². The number of nitrogens with zero attached hydrogens (tertiary/aromatic N) is 1. The normalized spacial score (nSPS) is 23.5. The fourth-order valence-electron chi connectivity index (χ4n) is 3.08. The van der Waals surface area contributed by atoms with Gasteiger partial charge in [0.05, 0.1) is 18.8 Å². The number of hydrogen-bond acceptors (Lipinski definition) is 4. The molecule has 2 N–H and O–H groups in total. The average molecular weight is 278 g/mol. The number of ether oxygens (including phenoxy) is 2. The van der Waals surface area contributed by atoms with Crippen LogP contribution in [-0.2, 0) is 4.74 Å². The molecule has 1 aromatic carbocycles. The summed E-state index contributed by atoms with van der Waals surface area (Å²) in [6.07, 6.45) is 0.200. The molecule has 4 nitrogen and oxygen atoms in total. The second-order valence-corrected chi connectivity index (χ2v) is 6.25. The van der Waals surface area contributed by atoms with E-state index in [1.165, 1.54) is 0 Å². The first-order chi connectivity index (χ1) is 9.34. The van der Waals surface area contributed by atoms with Crippen molar-refractivity contribution in [2.24, 2.45) is 5.73 Å². The average Bonchev–Trinajstić information content (AvgIpc) is 2.35. The Kier molecular flexibility index (Phi) is 4.25. The van der Waals surface area contributed by atoms with Crippen LogP contribution >= 0.6 is 0 Å². The first-order valence-corrected chi connectivity index (χ1v) is 7.19. The third-order valence-electron chi connectivity index (χ3n) is 3.63. The molecule has 20 heavy (non-hydrogen) atoms. The lowest BCUT2D eigenvalue weighted by molar-refractivity contribution is -0.0750. The molecule has 1 saturated heterocycles. The molecule has 4 heteroatoms. The Morgan fingerprint density at radius 1 is 1.45 bits per heavy atom. The SMILES string of the molecule is COc1cccc(N2CC(C)OC(C)(C)C2)c1[C@@H](C)N. The zero-order valence-electron chi connectivity index (χ0n) is 13.1. The topological polar surface area (TPSA) is 47.7 Å². The molecule has 0 aliphatic carbocycles. The minimum atomic E-state index is -0.157. The van der Waals surface area contributed by atoms with Crippen LogP contribution in [0, 0.1) is 0 Å². The minimum Gasteiger partial charge on any atom is -0.496 e. The highest BCUT2D eigenvalue weighted by Crippen LogP contribution is 2.36. The van der Waals surface area contributed by atoms with Crippen molar-refractivity contribution in [1.82, 2.24) is 0 Å². The quantitative estimate of drug-likeness (QED) is 0.923. The summed E-state index contributed by atoms with van der Waals surface area (Å²) in [5.74, 6) is 0.856. The fourth-order valence-corrected chi connectivity index (χ4v) is 3.08. The van der Waals surface area contributed by atoms with Crippen LogP contribution in [0.15, 0.2) is 18.2 Å². The van der Waals surface area contributed by atoms with E-state index in [0.29, 0.717) is 0 Å². The van der Waals surface area contributed by atoms with E-state index < -0.39 is 0 Å². The van der Waals surface area contributed by atoms with E-state index in [1.54, 1.807) is 7.11 Å². The number of nitrogens with two attached hydrogens (primary N) is 1. The Morgan fingerprint density at radius 2 is 2.15 bits per heavy atom. The Bertz CT molecular complexity index is 472. The van der Waals surface area contributed by atoms with Gasteiger partial charge in [0.2, 0.25) is 0 Å². The minimum absolute atomic E-state index is 0.0672. The highest BCUT2D eigenvalue weighted by atomic mass is 16.5. The number of methoxy groups -OCH3 is 1. The van der Waals surface area contributed by atoms with Gasteiger partial charge in [0.1, 0.15) is 5.75 Å². The van der Waals surface area contributed by atoms with Gasteiger partial charge in [-0.25, -0.2) is 0 Å². The largest absolute Gasteiger partial charge is 0.496 e. The van der Waals surface area contributed by atoms with E-state index in [9.17, 15) is 0 Å². The van der Waals surface area contributed by atoms with E-state index in [2.05, 4.69) is 31.7 Å². The molecule has 0 bridgehead atoms. The van der Waals surface area contributed by atoms with Crippen molar-refractivity contribution in [2.45, 2.75) is 45.4 Å². The van der Waals surface area contributed by atoms with Crippen LogP contribution in [0.1, 0.15) is 39.3 Å². The predicted molar refractivity (Wildman–Crippen MR) is 82.4 cm³/mol. The van der Waals surface area contributed by atoms with Gasteiger partial charge >= 0.3 is 0 Å². The van der Waals surface area contributed by atoms with Crippen LogP contribution in [0.25, 0.3) is 0 Å². The van der Waals surface area contributed by atoms with Gasteiger partial charge < -0.3 is 20.1 Å². The standard InChI is InChI=1S/C16H26N2O2/c1-11-9-18(10-16(3,4)20-11)13-7-6-8-14(19-5)15(13)12(2)17/h6-8,11-12H,9-10,17H2,1-5H3/t11?,12-/m1/s1. The molecule has 1 unspecified atom stereocenters. The van der Waals surface area contributed by atoms with Crippen LogP contribution in [0.5, 0.6) is 5.75 Å². The molecule has 1 aliphatic heterocycles. The summed E-state index contributed by atoms with van der Waals surface area (Å²) in [6, 6.07) is 6.04. The molecule has 1 heterocycles. The van der Waals surface area contributed by atoms with Crippen molar-refractivity contribution >= 4 is 5.69 Å². The van der Waals surface area contributed by atoms with Crippen LogP contribution < -0.4 is 15.4 Å². The van der Waals surface area contributed by atoms with Crippen molar-refractivity contribution in [2.75, 3.05) is 25.1 Å². The Hall–Kier alpha value is -1.26. The smallest absolute Gasteiger partial charge is 0.125 e. The summed E-state index contributed by atoms with van der Waals surface area (Å²) >= 11 is 0. The third-order valence-corrected chi connectivity index (χ3v) is 3.63. The van der Waals surface area contributed by atoms with Crippen LogP contribution in [0.2, 0.25) is 0 Å². The van der Waals surface area contributed by atoms with Gasteiger partial charge in [-0.15, -0.1) is 0 Å². The van der Waals surface area contributed by atoms with Gasteiger partial charge in [0.15, 0.2) is 0 Å². The van der Waals surface area contributed by atoms with Crippen LogP contribution in [0.4, 0.5) is 5.69 Å². The summed E-state index contributed by atoms with van der Waals surface area (Å²) in [4.78, 5) is 2.36. The lowest BCUT2D eigenvalue weighted by atomic mass is 10.00. The van der Waals surface area contributed by atoms with Gasteiger partial charge in [0, 0.05) is 30.4 Å². The van der Waals surface area contributed by atoms with E-state index in [-0.39, 0.29) is 17.7 Å². The molecule has 0 aromatic heterocycles. The molecule has 0 saturated carbocycles. The predicted octanol–water partition coefficient (Wildman–Crippen LogP) is 2.72.